The molecule has 13 heteroatoms. The largest absolute Gasteiger partial charge is 0.467 e. The Morgan fingerprint density at radius 2 is 2.12 bits per heavy atom. The molecular formula is C20H20N4O8S. The van der Waals surface area contributed by atoms with E-state index in [4.69, 9.17) is 13.9 Å². The molecule has 0 aliphatic carbocycles. The first-order valence-electron chi connectivity index (χ1n) is 9.95. The van der Waals surface area contributed by atoms with E-state index in [9.17, 15) is 22.8 Å². The molecule has 1 aromatic heterocycles. The minimum atomic E-state index is -3.70. The number of esters is 2. The maximum absolute atomic E-state index is 12.8. The number of hydrogen-bond donors (Lipinski definition) is 2. The van der Waals surface area contributed by atoms with Crippen molar-refractivity contribution in [2.45, 2.75) is 13.0 Å². The summed E-state index contributed by atoms with van der Waals surface area (Å²) in [6.07, 6.45) is 5.94. The van der Waals surface area contributed by atoms with Crippen molar-refractivity contribution in [1.29, 1.82) is 0 Å². The fourth-order valence-corrected chi connectivity index (χ4v) is 4.43. The molecule has 0 fully saturated rings. The summed E-state index contributed by atoms with van der Waals surface area (Å²) >= 11 is 0. The summed E-state index contributed by atoms with van der Waals surface area (Å²) in [5.74, 6) is -1.54. The predicted molar refractivity (Wildman–Crippen MR) is 113 cm³/mol. The van der Waals surface area contributed by atoms with E-state index >= 15 is 0 Å². The van der Waals surface area contributed by atoms with Gasteiger partial charge in [-0.15, -0.1) is 4.40 Å². The van der Waals surface area contributed by atoms with Crippen LogP contribution in [0.25, 0.3) is 0 Å². The Bertz CT molecular complexity index is 1210. The molecule has 1 aromatic rings. The van der Waals surface area contributed by atoms with Crippen molar-refractivity contribution in [2.75, 3.05) is 25.5 Å². The number of allylic oxidation sites excluding steroid dienone is 2. The minimum Gasteiger partial charge on any atom is -0.467 e. The number of carbonyl (C=O) groups is 3. The number of sulfonamides is 1. The van der Waals surface area contributed by atoms with Crippen LogP contribution in [0.4, 0.5) is 4.79 Å². The minimum absolute atomic E-state index is 0.00830. The van der Waals surface area contributed by atoms with Gasteiger partial charge in [0.05, 0.1) is 29.9 Å². The molecule has 2 amide bonds. The highest BCUT2D eigenvalue weighted by molar-refractivity contribution is 7.90. The van der Waals surface area contributed by atoms with E-state index in [1.165, 1.54) is 17.2 Å². The van der Waals surface area contributed by atoms with Crippen molar-refractivity contribution in [1.82, 2.24) is 15.5 Å². The van der Waals surface area contributed by atoms with Gasteiger partial charge >= 0.3 is 18.0 Å². The molecule has 3 aliphatic rings. The number of nitrogens with one attached hydrogen (secondary N) is 2. The fourth-order valence-electron chi connectivity index (χ4n) is 3.44. The lowest BCUT2D eigenvalue weighted by Gasteiger charge is -2.29. The Morgan fingerprint density at radius 1 is 1.30 bits per heavy atom. The number of amides is 2. The maximum Gasteiger partial charge on any atom is 0.342 e. The van der Waals surface area contributed by atoms with Gasteiger partial charge in [-0.3, -0.25) is 0 Å². The summed E-state index contributed by atoms with van der Waals surface area (Å²) in [4.78, 5) is 39.2. The highest BCUT2D eigenvalue weighted by Crippen LogP contribution is 2.28. The summed E-state index contributed by atoms with van der Waals surface area (Å²) in [6.45, 7) is 1.37. The van der Waals surface area contributed by atoms with Gasteiger partial charge in [-0.25, -0.2) is 22.8 Å². The number of furan rings is 1. The van der Waals surface area contributed by atoms with Crippen LogP contribution in [0.1, 0.15) is 18.7 Å². The van der Waals surface area contributed by atoms with Gasteiger partial charge in [0.15, 0.2) is 5.84 Å². The van der Waals surface area contributed by atoms with Crippen LogP contribution in [0, 0.1) is 0 Å². The van der Waals surface area contributed by atoms with E-state index < -0.39 is 40.6 Å². The number of urea groups is 1. The quantitative estimate of drug-likeness (QED) is 0.558. The Kier molecular flexibility index (Phi) is 6.05. The lowest BCUT2D eigenvalue weighted by molar-refractivity contribution is -0.140. The SMILES string of the molecule is CCOC(=O)C1=C(COC(=O)C2=CC=CN3CCS(=O)(=O)N=C23)NC(=O)NC1c1ccco1. The van der Waals surface area contributed by atoms with E-state index in [1.54, 1.807) is 31.3 Å². The molecule has 1 unspecified atom stereocenters. The predicted octanol–water partition coefficient (Wildman–Crippen LogP) is 0.492. The topological polar surface area (TPSA) is 157 Å². The molecule has 1 atom stereocenters. The highest BCUT2D eigenvalue weighted by Gasteiger charge is 2.36. The normalized spacial score (nSPS) is 21.3. The molecule has 4 heterocycles. The third-order valence-corrected chi connectivity index (χ3v) is 6.05. The zero-order valence-electron chi connectivity index (χ0n) is 17.4. The first-order chi connectivity index (χ1) is 15.8. The molecule has 0 spiro atoms. The van der Waals surface area contributed by atoms with Crippen molar-refractivity contribution >= 4 is 33.8 Å². The van der Waals surface area contributed by atoms with Gasteiger partial charge in [0, 0.05) is 12.7 Å². The number of rotatable bonds is 6. The van der Waals surface area contributed by atoms with E-state index in [0.29, 0.717) is 0 Å². The van der Waals surface area contributed by atoms with Gasteiger partial charge in [0.1, 0.15) is 24.0 Å². The molecule has 174 valence electrons. The lowest BCUT2D eigenvalue weighted by atomic mass is 10.0. The Hall–Kier alpha value is -3.87. The summed E-state index contributed by atoms with van der Waals surface area (Å²) in [5.41, 5.74) is -0.0493. The Balaban J connectivity index is 1.61. The van der Waals surface area contributed by atoms with Gasteiger partial charge in [-0.2, -0.15) is 0 Å². The van der Waals surface area contributed by atoms with Gasteiger partial charge < -0.3 is 29.4 Å². The summed E-state index contributed by atoms with van der Waals surface area (Å²) < 4.78 is 43.3. The second-order valence-electron chi connectivity index (χ2n) is 7.05. The maximum atomic E-state index is 12.8. The monoisotopic (exact) mass is 476 g/mol. The van der Waals surface area contributed by atoms with Gasteiger partial charge in [-0.1, -0.05) is 0 Å². The Morgan fingerprint density at radius 3 is 2.85 bits per heavy atom. The van der Waals surface area contributed by atoms with Gasteiger partial charge in [0.2, 0.25) is 0 Å². The second-order valence-corrected chi connectivity index (χ2v) is 8.81. The van der Waals surface area contributed by atoms with Crippen LogP contribution in [-0.2, 0) is 29.1 Å². The summed E-state index contributed by atoms with van der Waals surface area (Å²) in [6, 6.07) is 1.58. The third-order valence-electron chi connectivity index (χ3n) is 4.90. The standard InChI is InChI=1S/C20H20N4O8S/c1-2-30-19(26)15-13(21-20(27)22-16(15)14-6-4-9-31-14)11-32-18(25)12-5-3-7-24-8-10-33(28,29)23-17(12)24/h3-7,9,16H,2,8,10-11H2,1H3,(H2,21,22,27). The molecule has 2 N–H and O–H groups in total. The van der Waals surface area contributed by atoms with Crippen LogP contribution >= 0.6 is 0 Å². The Labute approximate surface area is 188 Å². The average molecular weight is 476 g/mol. The molecule has 0 saturated heterocycles. The molecule has 12 nitrogen and oxygen atoms in total. The number of nitrogens with zero attached hydrogens (tertiary/aromatic N) is 2. The van der Waals surface area contributed by atoms with Gasteiger partial charge in [0.25, 0.3) is 10.0 Å². The smallest absolute Gasteiger partial charge is 0.342 e. The van der Waals surface area contributed by atoms with Crippen molar-refractivity contribution in [2.24, 2.45) is 4.40 Å². The van der Waals surface area contributed by atoms with Crippen LogP contribution in [0.3, 0.4) is 0 Å². The molecule has 0 radical (unpaired) electrons. The van der Waals surface area contributed by atoms with Gasteiger partial charge in [-0.05, 0) is 31.2 Å². The third kappa shape index (κ3) is 4.67. The van der Waals surface area contributed by atoms with Crippen molar-refractivity contribution < 1.29 is 36.7 Å². The van der Waals surface area contributed by atoms with E-state index in [2.05, 4.69) is 15.0 Å². The van der Waals surface area contributed by atoms with E-state index in [1.807, 2.05) is 0 Å². The second kappa shape index (κ2) is 8.94. The average Bonchev–Trinajstić information content (AvgIpc) is 3.31. The van der Waals surface area contributed by atoms with E-state index in [-0.39, 0.29) is 47.3 Å². The molecule has 0 saturated carbocycles. The number of fused-ring (bicyclic) bond motifs is 1. The summed E-state index contributed by atoms with van der Waals surface area (Å²) in [5, 5.41) is 5.04. The molecular weight excluding hydrogens is 456 g/mol. The number of carbonyl (C=O) groups excluding carboxylic acids is 3. The zero-order valence-corrected chi connectivity index (χ0v) is 18.3. The first-order valence-corrected chi connectivity index (χ1v) is 11.6. The number of ether oxygens (including phenoxy) is 2. The molecule has 4 rings (SSSR count). The summed E-state index contributed by atoms with van der Waals surface area (Å²) in [7, 11) is -3.70. The number of amidine groups is 1. The van der Waals surface area contributed by atoms with Crippen LogP contribution in [-0.4, -0.2) is 62.6 Å². The number of hydrogen-bond acceptors (Lipinski definition) is 9. The first kappa shape index (κ1) is 22.3. The van der Waals surface area contributed by atoms with Crippen LogP contribution in [0.5, 0.6) is 0 Å². The van der Waals surface area contributed by atoms with Crippen LogP contribution in [0.2, 0.25) is 0 Å². The molecule has 33 heavy (non-hydrogen) atoms. The molecule has 0 bridgehead atoms. The molecule has 0 aromatic carbocycles. The van der Waals surface area contributed by atoms with Crippen LogP contribution in [0.15, 0.2) is 62.4 Å². The van der Waals surface area contributed by atoms with Crippen molar-refractivity contribution in [3.63, 3.8) is 0 Å². The molecule has 3 aliphatic heterocycles. The van der Waals surface area contributed by atoms with Crippen molar-refractivity contribution in [3.05, 3.63) is 59.4 Å². The lowest BCUT2D eigenvalue weighted by Crippen LogP contribution is -2.47. The highest BCUT2D eigenvalue weighted by atomic mass is 32.2. The van der Waals surface area contributed by atoms with E-state index in [0.717, 1.165) is 0 Å². The zero-order chi connectivity index (χ0) is 23.6. The van der Waals surface area contributed by atoms with Crippen molar-refractivity contribution in [3.8, 4) is 0 Å². The fraction of sp³-hybridized carbons (Fsp3) is 0.300. The van der Waals surface area contributed by atoms with Crippen LogP contribution < -0.4 is 10.6 Å².